The van der Waals surface area contributed by atoms with E-state index in [0.29, 0.717) is 0 Å². The fraction of sp³-hybridized carbons (Fsp3) is 1.00. The average Bonchev–Trinajstić information content (AvgIpc) is 2.65. The van der Waals surface area contributed by atoms with Gasteiger partial charge in [-0.05, 0) is 0 Å². The molecule has 35 heteroatoms. The monoisotopic (exact) mass is 970 g/mol. The van der Waals surface area contributed by atoms with Gasteiger partial charge in [0.05, 0.1) is 0 Å². The summed E-state index contributed by atoms with van der Waals surface area (Å²) < 4.78 is 192. The van der Waals surface area contributed by atoms with Crippen LogP contribution in [0.3, 0.4) is 0 Å². The predicted octanol–water partition coefficient (Wildman–Crippen LogP) is -1.68. The van der Waals surface area contributed by atoms with E-state index in [2.05, 4.69) is 0 Å². The third-order valence-electron chi connectivity index (χ3n) is 1.76. The zero-order valence-corrected chi connectivity index (χ0v) is 33.8. The van der Waals surface area contributed by atoms with Gasteiger partial charge in [-0.15, -0.1) is 0 Å². The van der Waals surface area contributed by atoms with Gasteiger partial charge in [-0.3, -0.25) is 0 Å². The van der Waals surface area contributed by atoms with E-state index < -0.39 is 74.8 Å². The summed E-state index contributed by atoms with van der Waals surface area (Å²) in [5.41, 5.74) is 0. The molecule has 0 unspecified atom stereocenters. The number of aliphatic hydroxyl groups is 12. The van der Waals surface area contributed by atoms with E-state index in [1.54, 1.807) is 0 Å². The molecule has 0 aromatic carbocycles. The van der Waals surface area contributed by atoms with Crippen molar-refractivity contribution in [2.75, 3.05) is 0 Å². The first-order chi connectivity index (χ1) is 17.7. The van der Waals surface area contributed by atoms with E-state index in [-0.39, 0.29) is 83.4 Å². The molecule has 0 fully saturated rings. The predicted molar refractivity (Wildman–Crippen MR) is 89.3 cm³/mol. The molecule has 0 aliphatic rings. The molecule has 0 aromatic rings. The smallest absolute Gasteiger partial charge is 0.412 e. The largest absolute Gasteiger partial charge is 0.439 e. The molecule has 0 atom stereocenters. The van der Waals surface area contributed by atoms with Crippen LogP contribution in [0, 0.1) is 0 Å². The minimum Gasteiger partial charge on any atom is -0.412 e. The summed E-state index contributed by atoms with van der Waals surface area (Å²) >= 11 is 0. The van der Waals surface area contributed by atoms with Crippen LogP contribution in [0.1, 0.15) is 0 Å². The Morgan fingerprint density at radius 3 is 0.234 bits per heavy atom. The Balaban J connectivity index is -0.0000000360. The Hall–Kier alpha value is 0.714. The number of rotatable bonds is 0. The summed E-state index contributed by atoms with van der Waals surface area (Å²) in [7, 11) is 0. The van der Waals surface area contributed by atoms with Crippen molar-refractivity contribution in [3.63, 3.8) is 0 Å². The van der Waals surface area contributed by atoms with Gasteiger partial charge in [0.1, 0.15) is 0 Å². The molecule has 280 valence electrons. The molecule has 0 amide bonds. The zero-order valence-electron chi connectivity index (χ0n) is 22.0. The first-order valence-corrected chi connectivity index (χ1v) is 8.23. The summed E-state index contributed by atoms with van der Waals surface area (Å²) in [4.78, 5) is 0. The summed E-state index contributed by atoms with van der Waals surface area (Å²) in [5, 5.41) is 87.8. The van der Waals surface area contributed by atoms with Crippen LogP contribution in [0.15, 0.2) is 0 Å². The van der Waals surface area contributed by atoms with E-state index >= 15 is 0 Å². The Kier molecular flexibility index (Phi) is 53.6. The maximum Gasteiger partial charge on any atom is 0.439 e. The number of aliphatic hydroxyl groups excluding tert-OH is 6. The molecule has 0 saturated heterocycles. The van der Waals surface area contributed by atoms with Crippen LogP contribution in [0.25, 0.3) is 0 Å². The SMILES string of the molecule is O.OC(O)C(F)(F)F.OC(O)C(F)(F)F.OC(O)C(F)(F)F.OC(O)C(F)(F)F.OC(O)C(F)(F)F.OC(O)C(F)(F)F.[Zn].[Zn].[Zn].[Zn]. The van der Waals surface area contributed by atoms with Gasteiger partial charge in [0.15, 0.2) is 0 Å². The van der Waals surface area contributed by atoms with Crippen molar-refractivity contribution in [1.29, 1.82) is 0 Å². The van der Waals surface area contributed by atoms with Crippen LogP contribution < -0.4 is 0 Å². The van der Waals surface area contributed by atoms with Crippen LogP contribution in [0.4, 0.5) is 79.0 Å². The molecule has 0 bridgehead atoms. The fourth-order valence-corrected chi connectivity index (χ4v) is 0. The van der Waals surface area contributed by atoms with Crippen molar-refractivity contribution in [2.24, 2.45) is 0 Å². The molecule has 0 aliphatic heterocycles. The third-order valence-corrected chi connectivity index (χ3v) is 1.76. The number of hydrogen-bond donors (Lipinski definition) is 12. The number of hydrogen-bond acceptors (Lipinski definition) is 12. The Morgan fingerprint density at radius 1 is 0.213 bits per heavy atom. The van der Waals surface area contributed by atoms with E-state index in [9.17, 15) is 79.0 Å². The van der Waals surface area contributed by atoms with Crippen LogP contribution in [-0.4, -0.2) is 142 Å². The van der Waals surface area contributed by atoms with E-state index in [4.69, 9.17) is 61.3 Å². The maximum atomic E-state index is 10.7. The van der Waals surface area contributed by atoms with Gasteiger partial charge >= 0.3 is 37.1 Å². The minimum atomic E-state index is -4.89. The van der Waals surface area contributed by atoms with Gasteiger partial charge in [-0.2, -0.15) is 79.0 Å². The third kappa shape index (κ3) is 69.3. The standard InChI is InChI=1S/6C2H3F3O2.H2O.4Zn/c6*3-2(4,5)1(6)7;;;;;/h6*1,6-7H;1H2;;;;. The van der Waals surface area contributed by atoms with E-state index in [1.807, 2.05) is 0 Å². The number of alkyl halides is 18. The quantitative estimate of drug-likeness (QED) is 0.0738. The molecule has 0 aliphatic carbocycles. The van der Waals surface area contributed by atoms with Gasteiger partial charge in [-0.25, -0.2) is 0 Å². The summed E-state index contributed by atoms with van der Waals surface area (Å²) in [6.07, 6.45) is -48.5. The number of halogens is 18. The first kappa shape index (κ1) is 77.2. The Morgan fingerprint density at radius 2 is 0.234 bits per heavy atom. The minimum absolute atomic E-state index is 0. The average molecular weight is 976 g/mol. The van der Waals surface area contributed by atoms with Gasteiger partial charge in [-0.1, -0.05) is 0 Å². The second-order valence-corrected chi connectivity index (χ2v) is 5.49. The van der Waals surface area contributed by atoms with Crippen LogP contribution >= 0.6 is 0 Å². The normalized spacial score (nSPS) is 11.5. The maximum absolute atomic E-state index is 10.7. The van der Waals surface area contributed by atoms with Gasteiger partial charge < -0.3 is 66.8 Å². The molecule has 47 heavy (non-hydrogen) atoms. The summed E-state index contributed by atoms with van der Waals surface area (Å²) in [6.45, 7) is 0. The molecule has 0 heterocycles. The molecule has 0 aromatic heterocycles. The molecule has 13 nitrogen and oxygen atoms in total. The molecule has 0 rings (SSSR count). The van der Waals surface area contributed by atoms with Crippen molar-refractivity contribution in [3.8, 4) is 0 Å². The van der Waals surface area contributed by atoms with E-state index in [0.717, 1.165) is 0 Å². The molecular formula is C12H20F18O13Zn4. The van der Waals surface area contributed by atoms with Crippen molar-refractivity contribution < 1.29 is 224 Å². The topological polar surface area (TPSA) is 274 Å². The van der Waals surface area contributed by atoms with Crippen LogP contribution in [-0.2, 0) is 77.9 Å². The van der Waals surface area contributed by atoms with Gasteiger partial charge in [0.2, 0.25) is 0 Å². The van der Waals surface area contributed by atoms with Crippen LogP contribution in [0.5, 0.6) is 0 Å². The second kappa shape index (κ2) is 32.6. The summed E-state index contributed by atoms with van der Waals surface area (Å²) in [5.74, 6) is 0. The second-order valence-electron chi connectivity index (χ2n) is 5.49. The van der Waals surface area contributed by atoms with Gasteiger partial charge in [0, 0.05) is 77.9 Å². The van der Waals surface area contributed by atoms with Crippen molar-refractivity contribution in [2.45, 2.75) is 74.8 Å². The Bertz CT molecular complexity index is 500. The van der Waals surface area contributed by atoms with Crippen LogP contribution in [0.2, 0.25) is 0 Å². The van der Waals surface area contributed by atoms with E-state index in [1.165, 1.54) is 0 Å². The Labute approximate surface area is 297 Å². The zero-order chi connectivity index (χ0) is 36.5. The van der Waals surface area contributed by atoms with Gasteiger partial charge in [0.25, 0.3) is 37.7 Å². The molecule has 14 N–H and O–H groups in total. The van der Waals surface area contributed by atoms with Crippen molar-refractivity contribution >= 4 is 0 Å². The van der Waals surface area contributed by atoms with Crippen molar-refractivity contribution in [1.82, 2.24) is 0 Å². The molecular weight excluding hydrogens is 956 g/mol. The summed E-state index contributed by atoms with van der Waals surface area (Å²) in [6, 6.07) is 0. The fourth-order valence-electron chi connectivity index (χ4n) is 0. The molecule has 0 saturated carbocycles. The molecule has 0 spiro atoms. The van der Waals surface area contributed by atoms with Crippen molar-refractivity contribution in [3.05, 3.63) is 0 Å². The molecule has 0 radical (unpaired) electrons. The first-order valence-electron chi connectivity index (χ1n) is 8.23.